The van der Waals surface area contributed by atoms with Gasteiger partial charge in [0.1, 0.15) is 17.1 Å². The van der Waals surface area contributed by atoms with Crippen LogP contribution >= 0.6 is 0 Å². The summed E-state index contributed by atoms with van der Waals surface area (Å²) in [6, 6.07) is 15.2. The van der Waals surface area contributed by atoms with Crippen LogP contribution in [0, 0.1) is 10.1 Å². The van der Waals surface area contributed by atoms with E-state index in [1.807, 2.05) is 0 Å². The molecule has 7 heteroatoms. The Kier molecular flexibility index (Phi) is 3.70. The molecule has 4 rings (SSSR count). The largest absolute Gasteiger partial charge is 0.507 e. The van der Waals surface area contributed by atoms with E-state index in [2.05, 4.69) is 0 Å². The molecule has 0 bridgehead atoms. The highest BCUT2D eigenvalue weighted by molar-refractivity contribution is 6.31. The summed E-state index contributed by atoms with van der Waals surface area (Å²) in [6.07, 6.45) is 0. The Morgan fingerprint density at radius 3 is 2.00 bits per heavy atom. The number of ketones is 2. The van der Waals surface area contributed by atoms with E-state index in [-0.39, 0.29) is 28.2 Å². The molecule has 0 spiro atoms. The summed E-state index contributed by atoms with van der Waals surface area (Å²) in [6.45, 7) is 0. The summed E-state index contributed by atoms with van der Waals surface area (Å²) < 4.78 is 5.52. The number of hydrogen-bond acceptors (Lipinski definition) is 6. The SMILES string of the molecule is O=C1c2ccccc2C(=O)c2c1c(O)cc(Oc1ccccc1)c2[N+](=O)[O-]. The third kappa shape index (κ3) is 2.53. The van der Waals surface area contributed by atoms with E-state index in [0.717, 1.165) is 6.07 Å². The minimum Gasteiger partial charge on any atom is -0.507 e. The number of carbonyl (C=O) groups excluding carboxylic acids is 2. The quantitative estimate of drug-likeness (QED) is 0.438. The molecule has 0 atom stereocenters. The number of hydrogen-bond donors (Lipinski definition) is 1. The van der Waals surface area contributed by atoms with Gasteiger partial charge in [-0.15, -0.1) is 0 Å². The molecular weight excluding hydrogens is 350 g/mol. The number of rotatable bonds is 3. The highest BCUT2D eigenvalue weighted by Crippen LogP contribution is 2.44. The molecule has 0 amide bonds. The van der Waals surface area contributed by atoms with E-state index in [1.165, 1.54) is 12.1 Å². The van der Waals surface area contributed by atoms with Gasteiger partial charge in [-0.2, -0.15) is 0 Å². The number of nitro benzene ring substituents is 1. The first kappa shape index (κ1) is 16.5. The molecule has 0 saturated heterocycles. The van der Waals surface area contributed by atoms with Gasteiger partial charge < -0.3 is 9.84 Å². The second-order valence-electron chi connectivity index (χ2n) is 5.87. The summed E-state index contributed by atoms with van der Waals surface area (Å²) in [5, 5.41) is 22.1. The van der Waals surface area contributed by atoms with Gasteiger partial charge in [0, 0.05) is 17.2 Å². The zero-order chi connectivity index (χ0) is 19.1. The number of phenolic OH excluding ortho intramolecular Hbond substituents is 1. The average molecular weight is 361 g/mol. The average Bonchev–Trinajstić information content (AvgIpc) is 2.66. The minimum atomic E-state index is -0.782. The maximum atomic E-state index is 12.9. The van der Waals surface area contributed by atoms with Crippen LogP contribution in [0.25, 0.3) is 0 Å². The summed E-state index contributed by atoms with van der Waals surface area (Å²) in [5.41, 5.74) is -1.36. The van der Waals surface area contributed by atoms with E-state index in [1.54, 1.807) is 42.5 Å². The van der Waals surface area contributed by atoms with E-state index < -0.39 is 33.5 Å². The Morgan fingerprint density at radius 2 is 1.41 bits per heavy atom. The highest BCUT2D eigenvalue weighted by Gasteiger charge is 2.40. The smallest absolute Gasteiger partial charge is 0.323 e. The fourth-order valence-corrected chi connectivity index (χ4v) is 3.11. The molecule has 0 aliphatic heterocycles. The Bertz CT molecular complexity index is 1120. The Morgan fingerprint density at radius 1 is 0.852 bits per heavy atom. The zero-order valence-corrected chi connectivity index (χ0v) is 13.7. The molecule has 0 aromatic heterocycles. The number of phenols is 1. The van der Waals surface area contributed by atoms with E-state index in [4.69, 9.17) is 4.74 Å². The second kappa shape index (κ2) is 6.06. The minimum absolute atomic E-state index is 0.0503. The number of benzene rings is 3. The first-order valence-corrected chi connectivity index (χ1v) is 7.94. The summed E-state index contributed by atoms with van der Waals surface area (Å²) in [7, 11) is 0. The lowest BCUT2D eigenvalue weighted by Gasteiger charge is -2.19. The number of ether oxygens (including phenoxy) is 1. The number of nitrogens with zero attached hydrogens (tertiary/aromatic N) is 1. The van der Waals surface area contributed by atoms with Gasteiger partial charge in [-0.1, -0.05) is 42.5 Å². The molecule has 3 aromatic rings. The number of para-hydroxylation sites is 1. The number of carbonyl (C=O) groups is 2. The Balaban J connectivity index is 1.99. The predicted octanol–water partition coefficient (Wildman–Crippen LogP) is 3.87. The molecule has 132 valence electrons. The van der Waals surface area contributed by atoms with Crippen LogP contribution in [0.3, 0.4) is 0 Å². The monoisotopic (exact) mass is 361 g/mol. The number of nitro groups is 1. The summed E-state index contributed by atoms with van der Waals surface area (Å²) in [4.78, 5) is 36.6. The first-order valence-electron chi connectivity index (χ1n) is 7.94. The van der Waals surface area contributed by atoms with Crippen molar-refractivity contribution in [3.63, 3.8) is 0 Å². The fraction of sp³-hybridized carbons (Fsp3) is 0. The number of fused-ring (bicyclic) bond motifs is 2. The summed E-state index contributed by atoms with van der Waals surface area (Å²) in [5.74, 6) is -1.93. The molecule has 3 aromatic carbocycles. The van der Waals surface area contributed by atoms with Gasteiger partial charge in [0.25, 0.3) is 0 Å². The van der Waals surface area contributed by atoms with Crippen molar-refractivity contribution in [2.45, 2.75) is 0 Å². The van der Waals surface area contributed by atoms with Crippen molar-refractivity contribution in [1.29, 1.82) is 0 Å². The first-order chi connectivity index (χ1) is 13.0. The van der Waals surface area contributed by atoms with E-state index in [0.29, 0.717) is 0 Å². The molecular formula is C20H11NO6. The van der Waals surface area contributed by atoms with Gasteiger partial charge >= 0.3 is 5.69 Å². The lowest BCUT2D eigenvalue weighted by atomic mass is 9.82. The molecule has 1 aliphatic carbocycles. The van der Waals surface area contributed by atoms with Gasteiger partial charge in [0.2, 0.25) is 11.5 Å². The van der Waals surface area contributed by atoms with Crippen LogP contribution in [0.5, 0.6) is 17.2 Å². The van der Waals surface area contributed by atoms with Crippen LogP contribution in [-0.2, 0) is 0 Å². The molecule has 0 radical (unpaired) electrons. The molecule has 0 saturated carbocycles. The maximum absolute atomic E-state index is 12.9. The third-order valence-electron chi connectivity index (χ3n) is 4.27. The van der Waals surface area contributed by atoms with Crippen molar-refractivity contribution in [2.24, 2.45) is 0 Å². The number of aromatic hydroxyl groups is 1. The molecule has 1 aliphatic rings. The van der Waals surface area contributed by atoms with Gasteiger partial charge in [0.15, 0.2) is 5.78 Å². The van der Waals surface area contributed by atoms with Gasteiger partial charge in [-0.25, -0.2) is 0 Å². The molecule has 7 nitrogen and oxygen atoms in total. The molecule has 0 heterocycles. The summed E-state index contributed by atoms with van der Waals surface area (Å²) >= 11 is 0. The molecule has 0 fully saturated rings. The van der Waals surface area contributed by atoms with Gasteiger partial charge in [0.05, 0.1) is 10.5 Å². The topological polar surface area (TPSA) is 107 Å². The maximum Gasteiger partial charge on any atom is 0.323 e. The van der Waals surface area contributed by atoms with Crippen LogP contribution in [0.15, 0.2) is 60.7 Å². The van der Waals surface area contributed by atoms with Crippen LogP contribution in [0.4, 0.5) is 5.69 Å². The van der Waals surface area contributed by atoms with Crippen molar-refractivity contribution in [3.05, 3.63) is 93.0 Å². The fourth-order valence-electron chi connectivity index (χ4n) is 3.11. The lowest BCUT2D eigenvalue weighted by molar-refractivity contribution is -0.385. The Hall–Kier alpha value is -4.00. The standard InChI is InChI=1S/C20H11NO6/c22-14-10-15(27-11-6-2-1-3-7-11)18(21(25)26)17-16(14)19(23)12-8-4-5-9-13(12)20(17)24/h1-10,22H. The third-order valence-corrected chi connectivity index (χ3v) is 4.27. The molecule has 27 heavy (non-hydrogen) atoms. The van der Waals surface area contributed by atoms with Crippen molar-refractivity contribution in [2.75, 3.05) is 0 Å². The van der Waals surface area contributed by atoms with Crippen molar-refractivity contribution in [1.82, 2.24) is 0 Å². The van der Waals surface area contributed by atoms with Crippen molar-refractivity contribution < 1.29 is 24.4 Å². The lowest BCUT2D eigenvalue weighted by Crippen LogP contribution is -2.22. The van der Waals surface area contributed by atoms with Crippen molar-refractivity contribution >= 4 is 17.3 Å². The van der Waals surface area contributed by atoms with Crippen LogP contribution in [0.1, 0.15) is 31.8 Å². The highest BCUT2D eigenvalue weighted by atomic mass is 16.6. The second-order valence-corrected chi connectivity index (χ2v) is 5.87. The Labute approximate surface area is 152 Å². The van der Waals surface area contributed by atoms with Crippen LogP contribution in [-0.4, -0.2) is 21.6 Å². The molecule has 0 unspecified atom stereocenters. The van der Waals surface area contributed by atoms with E-state index in [9.17, 15) is 24.8 Å². The van der Waals surface area contributed by atoms with Crippen LogP contribution in [0.2, 0.25) is 0 Å². The normalized spacial score (nSPS) is 12.3. The van der Waals surface area contributed by atoms with E-state index >= 15 is 0 Å². The van der Waals surface area contributed by atoms with Gasteiger partial charge in [-0.05, 0) is 12.1 Å². The zero-order valence-electron chi connectivity index (χ0n) is 13.7. The van der Waals surface area contributed by atoms with Gasteiger partial charge in [-0.3, -0.25) is 19.7 Å². The predicted molar refractivity (Wildman–Crippen MR) is 94.6 cm³/mol. The van der Waals surface area contributed by atoms with Crippen LogP contribution < -0.4 is 4.74 Å². The molecule has 1 N–H and O–H groups in total. The van der Waals surface area contributed by atoms with Crippen molar-refractivity contribution in [3.8, 4) is 17.2 Å².